The van der Waals surface area contributed by atoms with E-state index in [2.05, 4.69) is 17.2 Å². The molecule has 0 radical (unpaired) electrons. The fourth-order valence-corrected chi connectivity index (χ4v) is 11.0. The molecule has 6 saturated heterocycles. The number of aromatic nitrogens is 3. The highest BCUT2D eigenvalue weighted by atomic mass is 19.4. The van der Waals surface area contributed by atoms with E-state index in [9.17, 15) is 26.3 Å². The third-order valence-corrected chi connectivity index (χ3v) is 14.2. The van der Waals surface area contributed by atoms with Gasteiger partial charge in [0.15, 0.2) is 11.2 Å². The second-order valence-electron chi connectivity index (χ2n) is 17.2. The molecule has 0 aromatic carbocycles. The molecule has 8 fully saturated rings. The van der Waals surface area contributed by atoms with Crippen LogP contribution in [0.1, 0.15) is 91.7 Å². The lowest BCUT2D eigenvalue weighted by Gasteiger charge is -2.61. The molecule has 2 aliphatic carbocycles. The zero-order valence-corrected chi connectivity index (χ0v) is 30.7. The van der Waals surface area contributed by atoms with E-state index in [1.807, 2.05) is 13.8 Å². The largest absolute Gasteiger partial charge is 0.456 e. The highest BCUT2D eigenvalue weighted by molar-refractivity contribution is 5.31. The maximum Gasteiger partial charge on any atom is 0.449 e. The SMILES string of the molecule is C[C@@H]1CC[C@H]2C(COCc3cnnn3CC3=C(C(F)(F)F)O[C@@H]4O[C@@]5(C)CC[C@@]6(C)[C@H](C)CC[C@@H]3[C@@]46OO5)=C(C(F)(F)F)O[C@@H]3O[C@]4(C)CC[C@@H]1[C@]32OO4. The molecule has 12 nitrogen and oxygen atoms in total. The van der Waals surface area contributed by atoms with E-state index in [1.54, 1.807) is 13.8 Å². The Morgan fingerprint density at radius 2 is 1.43 bits per heavy atom. The molecule has 4 bridgehead atoms. The number of rotatable bonds is 6. The van der Waals surface area contributed by atoms with E-state index in [-0.39, 0.29) is 41.2 Å². The van der Waals surface area contributed by atoms with Gasteiger partial charge in [0.2, 0.25) is 35.7 Å². The summed E-state index contributed by atoms with van der Waals surface area (Å²) in [6.07, 6.45) is -7.20. The standard InChI is InChI=1S/C36H45F6N3O9/c1-18-6-8-24-22(27(36(40,41)42)47-28-33(24)23(18)10-11-31(4,49-28)51-53-33)17-46-16-20-14-43-44-45(20)15-21-25-9-7-19(2)30(3)12-13-32(5)50-29(34(25,30)54-52-32)48-26(21)35(37,38)39/h14,18-19,23-25,28-29H,6-13,15-17H2,1-5H3/t18-,19-,23+,24+,25+,28-,29-,30+,31+,32-,33-,34-/m1/s1. The molecule has 0 amide bonds. The lowest BCUT2D eigenvalue weighted by molar-refractivity contribution is -0.564. The number of ether oxygens (including phenoxy) is 5. The van der Waals surface area contributed by atoms with E-state index in [1.165, 1.54) is 10.9 Å². The maximum atomic E-state index is 14.9. The molecular weight excluding hydrogens is 732 g/mol. The summed E-state index contributed by atoms with van der Waals surface area (Å²) in [5, 5.41) is 8.04. The Morgan fingerprint density at radius 3 is 2.19 bits per heavy atom. The van der Waals surface area contributed by atoms with Gasteiger partial charge in [0, 0.05) is 47.2 Å². The van der Waals surface area contributed by atoms with Crippen LogP contribution in [-0.4, -0.2) is 69.3 Å². The molecule has 1 aromatic rings. The van der Waals surface area contributed by atoms with Gasteiger partial charge in [-0.15, -0.1) is 5.10 Å². The van der Waals surface area contributed by atoms with Gasteiger partial charge in [-0.25, -0.2) is 24.2 Å². The van der Waals surface area contributed by atoms with E-state index in [4.69, 9.17) is 43.2 Å². The van der Waals surface area contributed by atoms with Crippen LogP contribution in [0, 0.1) is 35.0 Å². The van der Waals surface area contributed by atoms with Crippen molar-refractivity contribution in [3.63, 3.8) is 0 Å². The molecule has 9 heterocycles. The smallest absolute Gasteiger partial charge is 0.449 e. The summed E-state index contributed by atoms with van der Waals surface area (Å²) in [7, 11) is 0. The molecule has 54 heavy (non-hydrogen) atoms. The minimum atomic E-state index is -4.89. The van der Waals surface area contributed by atoms with Crippen LogP contribution in [0.3, 0.4) is 0 Å². The topological polar surface area (TPSA) is 114 Å². The van der Waals surface area contributed by atoms with Crippen LogP contribution in [-0.2, 0) is 56.4 Å². The first-order chi connectivity index (χ1) is 25.3. The van der Waals surface area contributed by atoms with Crippen molar-refractivity contribution in [2.75, 3.05) is 6.61 Å². The Labute approximate surface area is 307 Å². The van der Waals surface area contributed by atoms with Crippen molar-refractivity contribution in [2.24, 2.45) is 35.0 Å². The summed E-state index contributed by atoms with van der Waals surface area (Å²) in [6, 6.07) is 0. The third-order valence-electron chi connectivity index (χ3n) is 14.2. The third kappa shape index (κ3) is 5.21. The minimum absolute atomic E-state index is 0.0493. The second kappa shape index (κ2) is 12.0. The van der Waals surface area contributed by atoms with E-state index < -0.39 is 89.6 Å². The predicted octanol–water partition coefficient (Wildman–Crippen LogP) is 7.31. The number of hydrogen-bond acceptors (Lipinski definition) is 11. The molecule has 11 rings (SSSR count). The zero-order valence-electron chi connectivity index (χ0n) is 30.7. The molecule has 300 valence electrons. The van der Waals surface area contributed by atoms with E-state index in [0.717, 1.165) is 0 Å². The average Bonchev–Trinajstić information content (AvgIpc) is 3.29. The van der Waals surface area contributed by atoms with Gasteiger partial charge in [0.1, 0.15) is 0 Å². The van der Waals surface area contributed by atoms with Gasteiger partial charge in [-0.3, -0.25) is 0 Å². The molecular formula is C36H45F6N3O9. The van der Waals surface area contributed by atoms with Crippen LogP contribution in [0.15, 0.2) is 28.9 Å². The molecule has 1 aromatic heterocycles. The second-order valence-corrected chi connectivity index (χ2v) is 17.2. The zero-order chi connectivity index (χ0) is 38.3. The van der Waals surface area contributed by atoms with Gasteiger partial charge in [-0.05, 0) is 64.2 Å². The monoisotopic (exact) mass is 777 g/mol. The van der Waals surface area contributed by atoms with Crippen molar-refractivity contribution < 1.29 is 69.6 Å². The molecule has 2 spiro atoms. The molecule has 8 aliphatic heterocycles. The van der Waals surface area contributed by atoms with Crippen molar-refractivity contribution in [1.82, 2.24) is 15.0 Å². The molecule has 2 saturated carbocycles. The van der Waals surface area contributed by atoms with E-state index in [0.29, 0.717) is 51.4 Å². The molecule has 12 atom stereocenters. The molecule has 0 N–H and O–H groups in total. The van der Waals surface area contributed by atoms with Crippen molar-refractivity contribution in [2.45, 2.75) is 147 Å². The minimum Gasteiger partial charge on any atom is -0.456 e. The van der Waals surface area contributed by atoms with Crippen LogP contribution < -0.4 is 0 Å². The van der Waals surface area contributed by atoms with Gasteiger partial charge in [-0.2, -0.15) is 26.3 Å². The van der Waals surface area contributed by atoms with Gasteiger partial charge >= 0.3 is 12.4 Å². The van der Waals surface area contributed by atoms with Gasteiger partial charge < -0.3 is 23.7 Å². The van der Waals surface area contributed by atoms with E-state index >= 15 is 0 Å². The normalized spacial score (nSPS) is 45.6. The number of halogens is 6. The summed E-state index contributed by atoms with van der Waals surface area (Å²) >= 11 is 0. The van der Waals surface area contributed by atoms with Crippen molar-refractivity contribution >= 4 is 0 Å². The fourth-order valence-electron chi connectivity index (χ4n) is 11.0. The number of alkyl halides is 6. The quantitative estimate of drug-likeness (QED) is 0.214. The predicted molar refractivity (Wildman–Crippen MR) is 168 cm³/mol. The summed E-state index contributed by atoms with van der Waals surface area (Å²) in [5.74, 6) is -6.60. The van der Waals surface area contributed by atoms with Crippen LogP contribution in [0.25, 0.3) is 0 Å². The van der Waals surface area contributed by atoms with Crippen molar-refractivity contribution in [3.05, 3.63) is 34.6 Å². The highest BCUT2D eigenvalue weighted by Gasteiger charge is 2.75. The first-order valence-electron chi connectivity index (χ1n) is 18.8. The maximum absolute atomic E-state index is 14.9. The fraction of sp³-hybridized carbons (Fsp3) is 0.833. The Morgan fingerprint density at radius 1 is 0.759 bits per heavy atom. The van der Waals surface area contributed by atoms with Gasteiger partial charge in [0.25, 0.3) is 0 Å². The Bertz CT molecular complexity index is 1750. The lowest BCUT2D eigenvalue weighted by Crippen LogP contribution is -2.71. The van der Waals surface area contributed by atoms with Crippen molar-refractivity contribution in [1.29, 1.82) is 0 Å². The van der Waals surface area contributed by atoms with Crippen molar-refractivity contribution in [3.8, 4) is 0 Å². The summed E-state index contributed by atoms with van der Waals surface area (Å²) in [5.41, 5.74) is -3.37. The Hall–Kier alpha value is -2.48. The summed E-state index contributed by atoms with van der Waals surface area (Å²) < 4.78 is 120. The van der Waals surface area contributed by atoms with Crippen LogP contribution in [0.2, 0.25) is 0 Å². The molecule has 10 aliphatic rings. The number of fused-ring (bicyclic) bond motifs is 4. The Kier molecular flexibility index (Phi) is 8.26. The van der Waals surface area contributed by atoms with Gasteiger partial charge in [-0.1, -0.05) is 26.0 Å². The lowest BCUT2D eigenvalue weighted by atomic mass is 9.51. The van der Waals surface area contributed by atoms with Crippen LogP contribution in [0.5, 0.6) is 0 Å². The van der Waals surface area contributed by atoms with Gasteiger partial charge in [0.05, 0.1) is 31.6 Å². The number of allylic oxidation sites excluding steroid dienone is 2. The summed E-state index contributed by atoms with van der Waals surface area (Å²) in [4.78, 5) is 23.8. The first-order valence-corrected chi connectivity index (χ1v) is 18.8. The summed E-state index contributed by atoms with van der Waals surface area (Å²) in [6.45, 7) is 8.13. The average molecular weight is 778 g/mol. The Balaban J connectivity index is 1.02. The molecule has 18 heteroatoms. The molecule has 0 unspecified atom stereocenters. The first kappa shape index (κ1) is 37.1. The number of hydrogen-bond donors (Lipinski definition) is 0. The van der Waals surface area contributed by atoms with Crippen LogP contribution in [0.4, 0.5) is 26.3 Å². The van der Waals surface area contributed by atoms with Crippen LogP contribution >= 0.6 is 0 Å². The number of nitrogens with zero attached hydrogens (tertiary/aromatic N) is 3. The highest BCUT2D eigenvalue weighted by Crippen LogP contribution is 2.67.